The maximum Gasteiger partial charge on any atom is 0.351 e. The third kappa shape index (κ3) is 5.09. The van der Waals surface area contributed by atoms with Crippen LogP contribution in [0.1, 0.15) is 15.9 Å². The number of esters is 1. The summed E-state index contributed by atoms with van der Waals surface area (Å²) in [5, 5.41) is 0.616. The van der Waals surface area contributed by atoms with Gasteiger partial charge in [-0.3, -0.25) is 4.79 Å². The van der Waals surface area contributed by atoms with Crippen LogP contribution in [0.2, 0.25) is 0 Å². The van der Waals surface area contributed by atoms with Gasteiger partial charge in [-0.05, 0) is 41.8 Å². The van der Waals surface area contributed by atoms with Crippen molar-refractivity contribution in [3.05, 3.63) is 88.0 Å². The molecule has 0 radical (unpaired) electrons. The molecule has 0 aliphatic carbocycles. The van der Waals surface area contributed by atoms with Crippen molar-refractivity contribution in [1.82, 2.24) is 0 Å². The molecular formula is C24H20FNO5S. The lowest BCUT2D eigenvalue weighted by Crippen LogP contribution is -2.14. The van der Waals surface area contributed by atoms with E-state index in [-0.39, 0.29) is 11.4 Å². The van der Waals surface area contributed by atoms with E-state index >= 15 is 0 Å². The van der Waals surface area contributed by atoms with Crippen LogP contribution in [-0.2, 0) is 9.53 Å². The predicted molar refractivity (Wildman–Crippen MR) is 123 cm³/mol. The van der Waals surface area contributed by atoms with Crippen molar-refractivity contribution in [2.75, 3.05) is 19.1 Å². The number of nitrogens with zero attached hydrogens (tertiary/aromatic N) is 1. The first-order valence-electron chi connectivity index (χ1n) is 9.49. The normalized spacial score (nSPS) is 10.2. The molecule has 32 heavy (non-hydrogen) atoms. The SMILES string of the molecule is COC(=O)c1cc2sc(N(C)C=O)cc2oc1=O.Cc1ccccc1-c1ccc(F)cc1. The third-order valence-corrected chi connectivity index (χ3v) is 5.78. The zero-order valence-electron chi connectivity index (χ0n) is 17.6. The van der Waals surface area contributed by atoms with E-state index < -0.39 is 11.6 Å². The molecule has 2 heterocycles. The Labute approximate surface area is 187 Å². The Hall–Kier alpha value is -3.78. The van der Waals surface area contributed by atoms with E-state index in [0.29, 0.717) is 21.7 Å². The van der Waals surface area contributed by atoms with E-state index in [1.807, 2.05) is 18.2 Å². The van der Waals surface area contributed by atoms with Gasteiger partial charge in [-0.1, -0.05) is 36.4 Å². The van der Waals surface area contributed by atoms with Crippen LogP contribution >= 0.6 is 11.3 Å². The van der Waals surface area contributed by atoms with Crippen LogP contribution in [-0.4, -0.2) is 26.5 Å². The summed E-state index contributed by atoms with van der Waals surface area (Å²) in [5.41, 5.74) is 2.84. The molecule has 164 valence electrons. The van der Waals surface area contributed by atoms with E-state index in [2.05, 4.69) is 17.7 Å². The van der Waals surface area contributed by atoms with E-state index in [1.165, 1.54) is 47.1 Å². The van der Waals surface area contributed by atoms with Crippen LogP contribution in [0, 0.1) is 12.7 Å². The summed E-state index contributed by atoms with van der Waals surface area (Å²) in [6.07, 6.45) is 0.643. The van der Waals surface area contributed by atoms with Crippen LogP contribution in [0.25, 0.3) is 21.4 Å². The molecule has 0 saturated heterocycles. The summed E-state index contributed by atoms with van der Waals surface area (Å²) >= 11 is 1.23. The van der Waals surface area contributed by atoms with E-state index in [0.717, 1.165) is 11.1 Å². The molecule has 1 amide bonds. The number of benzene rings is 2. The van der Waals surface area contributed by atoms with Gasteiger partial charge in [0, 0.05) is 13.1 Å². The second-order valence-electron chi connectivity index (χ2n) is 6.79. The van der Waals surface area contributed by atoms with Gasteiger partial charge in [0.25, 0.3) is 0 Å². The zero-order valence-corrected chi connectivity index (χ0v) is 18.4. The quantitative estimate of drug-likeness (QED) is 0.320. The van der Waals surface area contributed by atoms with Gasteiger partial charge in [-0.2, -0.15) is 0 Å². The molecule has 0 bridgehead atoms. The highest BCUT2D eigenvalue weighted by Crippen LogP contribution is 2.31. The number of carbonyl (C=O) groups excluding carboxylic acids is 2. The maximum absolute atomic E-state index is 12.7. The van der Waals surface area contributed by atoms with Crippen LogP contribution in [0.3, 0.4) is 0 Å². The average molecular weight is 453 g/mol. The van der Waals surface area contributed by atoms with Crippen LogP contribution in [0.5, 0.6) is 0 Å². The lowest BCUT2D eigenvalue weighted by atomic mass is 10.0. The predicted octanol–water partition coefficient (Wildman–Crippen LogP) is 5.03. The average Bonchev–Trinajstić information content (AvgIpc) is 3.22. The first kappa shape index (κ1) is 22.9. The number of halogens is 1. The Morgan fingerprint density at radius 1 is 1.12 bits per heavy atom. The van der Waals surface area contributed by atoms with Gasteiger partial charge < -0.3 is 14.1 Å². The molecule has 6 nitrogen and oxygen atoms in total. The summed E-state index contributed by atoms with van der Waals surface area (Å²) in [4.78, 5) is 34.9. The highest BCUT2D eigenvalue weighted by Gasteiger charge is 2.16. The lowest BCUT2D eigenvalue weighted by Gasteiger charge is -2.04. The topological polar surface area (TPSA) is 76.8 Å². The van der Waals surface area contributed by atoms with Crippen LogP contribution < -0.4 is 10.5 Å². The number of carbonyl (C=O) groups is 2. The van der Waals surface area contributed by atoms with Crippen LogP contribution in [0.4, 0.5) is 9.39 Å². The fourth-order valence-corrected chi connectivity index (χ4v) is 3.86. The summed E-state index contributed by atoms with van der Waals surface area (Å²) in [5.74, 6) is -0.938. The Bertz CT molecular complexity index is 1310. The first-order chi connectivity index (χ1) is 15.3. The molecule has 0 aliphatic heterocycles. The molecule has 0 N–H and O–H groups in total. The van der Waals surface area contributed by atoms with Crippen molar-refractivity contribution in [2.45, 2.75) is 6.92 Å². The molecule has 4 rings (SSSR count). The summed E-state index contributed by atoms with van der Waals surface area (Å²) in [6, 6.07) is 17.6. The van der Waals surface area contributed by atoms with Gasteiger partial charge in [0.2, 0.25) is 6.41 Å². The molecule has 0 atom stereocenters. The largest absolute Gasteiger partial charge is 0.465 e. The van der Waals surface area contributed by atoms with Crippen molar-refractivity contribution >= 4 is 39.0 Å². The number of hydrogen-bond donors (Lipinski definition) is 0. The number of thiophene rings is 1. The van der Waals surface area contributed by atoms with Gasteiger partial charge in [0.15, 0.2) is 5.58 Å². The smallest absolute Gasteiger partial charge is 0.351 e. The number of ether oxygens (including phenoxy) is 1. The minimum absolute atomic E-state index is 0.160. The van der Waals surface area contributed by atoms with Gasteiger partial charge in [-0.15, -0.1) is 11.3 Å². The highest BCUT2D eigenvalue weighted by molar-refractivity contribution is 7.22. The van der Waals surface area contributed by atoms with Gasteiger partial charge in [0.1, 0.15) is 16.4 Å². The number of rotatable bonds is 4. The van der Waals surface area contributed by atoms with E-state index in [1.54, 1.807) is 25.2 Å². The molecule has 0 unspecified atom stereocenters. The Morgan fingerprint density at radius 2 is 1.81 bits per heavy atom. The minimum Gasteiger partial charge on any atom is -0.465 e. The van der Waals surface area contributed by atoms with Gasteiger partial charge in [-0.25, -0.2) is 14.0 Å². The summed E-state index contributed by atoms with van der Waals surface area (Å²) in [6.45, 7) is 2.05. The molecule has 0 saturated carbocycles. The molecular weight excluding hydrogens is 433 g/mol. The second kappa shape index (κ2) is 10.0. The molecule has 8 heteroatoms. The van der Waals surface area contributed by atoms with Gasteiger partial charge >= 0.3 is 11.6 Å². The molecule has 0 fully saturated rings. The standard InChI is InChI=1S/C13H11F.C11H9NO5S/c1-10-4-2-3-5-13(10)11-6-8-12(14)9-7-11;1-12(5-13)9-4-7-8(18-9)3-6(10(14)16-2)11(15)17-7/h2-9H,1H3;3-5H,1-2H3. The van der Waals surface area contributed by atoms with Crippen molar-refractivity contribution in [1.29, 1.82) is 0 Å². The number of anilines is 1. The highest BCUT2D eigenvalue weighted by atomic mass is 32.1. The van der Waals surface area contributed by atoms with E-state index in [9.17, 15) is 18.8 Å². The fraction of sp³-hybridized carbons (Fsp3) is 0.125. The number of hydrogen-bond acceptors (Lipinski definition) is 6. The van der Waals surface area contributed by atoms with Gasteiger partial charge in [0.05, 0.1) is 11.8 Å². The number of fused-ring (bicyclic) bond motifs is 1. The molecule has 0 aliphatic rings. The number of methoxy groups -OCH3 is 1. The lowest BCUT2D eigenvalue weighted by molar-refractivity contribution is -0.107. The number of aryl methyl sites for hydroxylation is 1. The summed E-state index contributed by atoms with van der Waals surface area (Å²) < 4.78 is 22.8. The van der Waals surface area contributed by atoms with E-state index in [4.69, 9.17) is 4.42 Å². The summed E-state index contributed by atoms with van der Waals surface area (Å²) in [7, 11) is 2.77. The third-order valence-electron chi connectivity index (χ3n) is 4.62. The fourth-order valence-electron chi connectivity index (χ4n) is 2.91. The van der Waals surface area contributed by atoms with Crippen LogP contribution in [0.15, 0.2) is 69.9 Å². The zero-order chi connectivity index (χ0) is 23.3. The molecule has 0 spiro atoms. The molecule has 2 aromatic carbocycles. The number of amides is 1. The Balaban J connectivity index is 0.000000186. The van der Waals surface area contributed by atoms with Crippen molar-refractivity contribution in [2.24, 2.45) is 0 Å². The minimum atomic E-state index is -0.757. The first-order valence-corrected chi connectivity index (χ1v) is 10.3. The Morgan fingerprint density at radius 3 is 2.44 bits per heavy atom. The van der Waals surface area contributed by atoms with Crippen molar-refractivity contribution < 1.29 is 23.1 Å². The monoisotopic (exact) mass is 453 g/mol. The molecule has 4 aromatic rings. The van der Waals surface area contributed by atoms with Crippen molar-refractivity contribution in [3.63, 3.8) is 0 Å². The second-order valence-corrected chi connectivity index (χ2v) is 7.85. The maximum atomic E-state index is 12.7. The Kier molecular flexibility index (Phi) is 7.17. The van der Waals surface area contributed by atoms with Crippen molar-refractivity contribution in [3.8, 4) is 11.1 Å². The molecule has 2 aromatic heterocycles.